The van der Waals surface area contributed by atoms with Crippen molar-refractivity contribution in [2.75, 3.05) is 13.7 Å². The predicted molar refractivity (Wildman–Crippen MR) is 80.3 cm³/mol. The Morgan fingerprint density at radius 1 is 1.39 bits per heavy atom. The minimum absolute atomic E-state index is 0.0319. The average Bonchev–Trinajstić information content (AvgIpc) is 3.08. The first-order chi connectivity index (χ1) is 10.9. The lowest BCUT2D eigenvalue weighted by Crippen LogP contribution is -2.40. The number of ether oxygens (including phenoxy) is 2. The first kappa shape index (κ1) is 16.9. The summed E-state index contributed by atoms with van der Waals surface area (Å²) in [6, 6.07) is 3.25. The number of carbonyl (C=O) groups excluding carboxylic acids is 2. The van der Waals surface area contributed by atoms with Gasteiger partial charge in [0, 0.05) is 24.3 Å². The van der Waals surface area contributed by atoms with E-state index in [-0.39, 0.29) is 29.0 Å². The number of nitro groups is 1. The van der Waals surface area contributed by atoms with Crippen molar-refractivity contribution < 1.29 is 24.0 Å². The maximum atomic E-state index is 12.3. The first-order valence-electron chi connectivity index (χ1n) is 7.22. The summed E-state index contributed by atoms with van der Waals surface area (Å²) in [5.41, 5.74) is -0.358. The molecule has 1 N–H and O–H groups in total. The van der Waals surface area contributed by atoms with Gasteiger partial charge in [-0.05, 0) is 25.8 Å². The van der Waals surface area contributed by atoms with Gasteiger partial charge in [-0.15, -0.1) is 0 Å². The van der Waals surface area contributed by atoms with E-state index in [1.807, 2.05) is 6.92 Å². The number of methoxy groups -OCH3 is 1. The number of nitro benzene ring substituents is 1. The summed E-state index contributed by atoms with van der Waals surface area (Å²) < 4.78 is 10.1. The molecule has 1 aromatic carbocycles. The molecule has 1 aromatic rings. The van der Waals surface area contributed by atoms with Gasteiger partial charge in [-0.3, -0.25) is 14.9 Å². The summed E-state index contributed by atoms with van der Waals surface area (Å²) >= 11 is 0. The maximum absolute atomic E-state index is 12.3. The molecule has 0 aromatic heterocycles. The fraction of sp³-hybridized carbons (Fsp3) is 0.467. The molecular weight excluding hydrogens is 304 g/mol. The Bertz CT molecular complexity index is 624. The monoisotopic (exact) mass is 322 g/mol. The van der Waals surface area contributed by atoms with Crippen LogP contribution in [0.25, 0.3) is 0 Å². The minimum Gasteiger partial charge on any atom is -0.465 e. The second kappa shape index (κ2) is 7.19. The van der Waals surface area contributed by atoms with Gasteiger partial charge in [0.15, 0.2) is 0 Å². The van der Waals surface area contributed by atoms with E-state index in [2.05, 4.69) is 10.1 Å². The molecule has 0 aliphatic carbocycles. The van der Waals surface area contributed by atoms with Crippen molar-refractivity contribution in [3.8, 4) is 0 Å². The normalized spacial score (nSPS) is 18.3. The molecule has 8 nitrogen and oxygen atoms in total. The van der Waals surface area contributed by atoms with Gasteiger partial charge in [0.05, 0.1) is 29.7 Å². The molecule has 2 atom stereocenters. The quantitative estimate of drug-likeness (QED) is 0.502. The maximum Gasteiger partial charge on any atom is 0.338 e. The number of hydrogen-bond acceptors (Lipinski definition) is 6. The van der Waals surface area contributed by atoms with Gasteiger partial charge in [0.1, 0.15) is 0 Å². The molecule has 0 unspecified atom stereocenters. The Morgan fingerprint density at radius 2 is 2.09 bits per heavy atom. The molecule has 1 aliphatic heterocycles. The number of benzene rings is 1. The highest BCUT2D eigenvalue weighted by molar-refractivity contribution is 5.99. The number of nitrogens with one attached hydrogen (secondary N) is 1. The number of carbonyl (C=O) groups is 2. The Morgan fingerprint density at radius 3 is 2.65 bits per heavy atom. The van der Waals surface area contributed by atoms with Crippen LogP contribution in [0, 0.1) is 10.1 Å². The van der Waals surface area contributed by atoms with Crippen LogP contribution in [0.2, 0.25) is 0 Å². The summed E-state index contributed by atoms with van der Waals surface area (Å²) in [5.74, 6) is -1.24. The molecule has 1 heterocycles. The first-order valence-corrected chi connectivity index (χ1v) is 7.22. The van der Waals surface area contributed by atoms with E-state index in [9.17, 15) is 19.7 Å². The van der Waals surface area contributed by atoms with Crippen LogP contribution in [-0.2, 0) is 9.47 Å². The largest absolute Gasteiger partial charge is 0.465 e. The van der Waals surface area contributed by atoms with E-state index in [0.29, 0.717) is 6.61 Å². The highest BCUT2D eigenvalue weighted by Gasteiger charge is 2.25. The number of rotatable bonds is 5. The summed E-state index contributed by atoms with van der Waals surface area (Å²) in [6.45, 7) is 2.47. The second-order valence-electron chi connectivity index (χ2n) is 5.33. The molecule has 1 fully saturated rings. The molecule has 0 spiro atoms. The summed E-state index contributed by atoms with van der Waals surface area (Å²) in [4.78, 5) is 34.2. The molecule has 124 valence electrons. The standard InChI is InChI=1S/C15H18N2O6/c1-9(13-4-3-5-23-13)16-14(18)10-6-11(15(19)22-2)8-12(7-10)17(20)21/h6-9,13H,3-5H2,1-2H3,(H,16,18)/t9-,13-/m0/s1. The molecule has 1 aliphatic rings. The van der Waals surface area contributed by atoms with Gasteiger partial charge in [-0.2, -0.15) is 0 Å². The molecule has 2 rings (SSSR count). The molecule has 1 amide bonds. The van der Waals surface area contributed by atoms with Crippen molar-refractivity contribution in [3.63, 3.8) is 0 Å². The summed E-state index contributed by atoms with van der Waals surface area (Å²) in [7, 11) is 1.17. The fourth-order valence-corrected chi connectivity index (χ4v) is 2.46. The third-order valence-corrected chi connectivity index (χ3v) is 3.69. The number of amides is 1. The fourth-order valence-electron chi connectivity index (χ4n) is 2.46. The highest BCUT2D eigenvalue weighted by atomic mass is 16.6. The van der Waals surface area contributed by atoms with Crippen molar-refractivity contribution >= 4 is 17.6 Å². The van der Waals surface area contributed by atoms with Crippen molar-refractivity contribution in [1.29, 1.82) is 0 Å². The van der Waals surface area contributed by atoms with E-state index >= 15 is 0 Å². The summed E-state index contributed by atoms with van der Waals surface area (Å²) in [6.07, 6.45) is 1.72. The Kier molecular flexibility index (Phi) is 5.28. The predicted octanol–water partition coefficient (Wildman–Crippen LogP) is 1.68. The lowest BCUT2D eigenvalue weighted by atomic mass is 10.1. The lowest BCUT2D eigenvalue weighted by Gasteiger charge is -2.20. The number of nitrogens with zero attached hydrogens (tertiary/aromatic N) is 1. The number of esters is 1. The smallest absolute Gasteiger partial charge is 0.338 e. The topological polar surface area (TPSA) is 108 Å². The molecule has 0 radical (unpaired) electrons. The highest BCUT2D eigenvalue weighted by Crippen LogP contribution is 2.19. The zero-order valence-corrected chi connectivity index (χ0v) is 12.9. The van der Waals surface area contributed by atoms with E-state index in [1.54, 1.807) is 0 Å². The van der Waals surface area contributed by atoms with Crippen molar-refractivity contribution in [2.24, 2.45) is 0 Å². The number of hydrogen-bond donors (Lipinski definition) is 1. The van der Waals surface area contributed by atoms with Crippen LogP contribution in [0.4, 0.5) is 5.69 Å². The van der Waals surface area contributed by atoms with E-state index in [4.69, 9.17) is 4.74 Å². The van der Waals surface area contributed by atoms with Gasteiger partial charge in [0.2, 0.25) is 0 Å². The molecule has 0 saturated carbocycles. The van der Waals surface area contributed by atoms with Crippen LogP contribution in [-0.4, -0.2) is 42.7 Å². The van der Waals surface area contributed by atoms with Crippen LogP contribution in [0.15, 0.2) is 18.2 Å². The summed E-state index contributed by atoms with van der Waals surface area (Å²) in [5, 5.41) is 13.7. The van der Waals surface area contributed by atoms with Crippen molar-refractivity contribution in [3.05, 3.63) is 39.4 Å². The van der Waals surface area contributed by atoms with Gasteiger partial charge in [-0.1, -0.05) is 0 Å². The Balaban J connectivity index is 2.22. The van der Waals surface area contributed by atoms with Crippen LogP contribution < -0.4 is 5.32 Å². The van der Waals surface area contributed by atoms with Gasteiger partial charge in [0.25, 0.3) is 11.6 Å². The molecule has 23 heavy (non-hydrogen) atoms. The molecule has 8 heteroatoms. The average molecular weight is 322 g/mol. The zero-order valence-electron chi connectivity index (χ0n) is 12.9. The second-order valence-corrected chi connectivity index (χ2v) is 5.33. The minimum atomic E-state index is -0.741. The van der Waals surface area contributed by atoms with Crippen LogP contribution >= 0.6 is 0 Å². The van der Waals surface area contributed by atoms with E-state index in [0.717, 1.165) is 25.0 Å². The number of non-ortho nitro benzene ring substituents is 1. The lowest BCUT2D eigenvalue weighted by molar-refractivity contribution is -0.384. The van der Waals surface area contributed by atoms with Gasteiger partial charge < -0.3 is 14.8 Å². The molecule has 0 bridgehead atoms. The van der Waals surface area contributed by atoms with Crippen molar-refractivity contribution in [2.45, 2.75) is 31.9 Å². The van der Waals surface area contributed by atoms with Crippen LogP contribution in [0.5, 0.6) is 0 Å². The van der Waals surface area contributed by atoms with Gasteiger partial charge in [-0.25, -0.2) is 4.79 Å². The Hall–Kier alpha value is -2.48. The SMILES string of the molecule is COC(=O)c1cc(C(=O)N[C@@H](C)[C@@H]2CCCO2)cc([N+](=O)[O-])c1. The van der Waals surface area contributed by atoms with Crippen LogP contribution in [0.1, 0.15) is 40.5 Å². The Labute approximate surface area is 132 Å². The van der Waals surface area contributed by atoms with Crippen LogP contribution in [0.3, 0.4) is 0 Å². The van der Waals surface area contributed by atoms with E-state index in [1.165, 1.54) is 13.2 Å². The molecular formula is C15H18N2O6. The third kappa shape index (κ3) is 4.04. The van der Waals surface area contributed by atoms with Gasteiger partial charge >= 0.3 is 5.97 Å². The van der Waals surface area contributed by atoms with Crippen molar-refractivity contribution in [1.82, 2.24) is 5.32 Å². The third-order valence-electron chi connectivity index (χ3n) is 3.69. The molecule has 1 saturated heterocycles. The zero-order chi connectivity index (χ0) is 17.0. The van der Waals surface area contributed by atoms with E-state index < -0.39 is 16.8 Å².